The van der Waals surface area contributed by atoms with Gasteiger partial charge in [0, 0.05) is 12.6 Å². The van der Waals surface area contributed by atoms with Crippen molar-refractivity contribution in [1.29, 1.82) is 0 Å². The number of aliphatic hydroxyl groups is 1. The predicted octanol–water partition coefficient (Wildman–Crippen LogP) is -0.190. The summed E-state index contributed by atoms with van der Waals surface area (Å²) in [4.78, 5) is 13.5. The highest BCUT2D eigenvalue weighted by Crippen LogP contribution is 2.18. The molecule has 19 heavy (non-hydrogen) atoms. The highest BCUT2D eigenvalue weighted by atomic mass is 32.2. The average molecular weight is 293 g/mol. The van der Waals surface area contributed by atoms with Crippen LogP contribution in [-0.4, -0.2) is 67.2 Å². The number of sulfone groups is 1. The minimum atomic E-state index is -3.05. The van der Waals surface area contributed by atoms with Crippen LogP contribution >= 0.6 is 0 Å². The minimum Gasteiger partial charge on any atom is -0.395 e. The Labute approximate surface area is 114 Å². The molecule has 1 amide bonds. The zero-order valence-corrected chi connectivity index (χ0v) is 12.6. The molecule has 0 bridgehead atoms. The lowest BCUT2D eigenvalue weighted by Crippen LogP contribution is -2.45. The Morgan fingerprint density at radius 1 is 1.42 bits per heavy atom. The number of rotatable bonds is 5. The SMILES string of the molecule is CC(C)(C)OCC(=O)N(CCO)C1CCS(=O)(=O)C1. The van der Waals surface area contributed by atoms with Crippen molar-refractivity contribution in [1.82, 2.24) is 4.90 Å². The zero-order chi connectivity index (χ0) is 14.7. The highest BCUT2D eigenvalue weighted by Gasteiger charge is 2.34. The van der Waals surface area contributed by atoms with Crippen molar-refractivity contribution >= 4 is 15.7 Å². The summed E-state index contributed by atoms with van der Waals surface area (Å²) in [5, 5.41) is 9.02. The lowest BCUT2D eigenvalue weighted by Gasteiger charge is -2.29. The average Bonchev–Trinajstić information content (AvgIpc) is 2.62. The molecule has 1 aliphatic heterocycles. The molecule has 0 aromatic carbocycles. The highest BCUT2D eigenvalue weighted by molar-refractivity contribution is 7.91. The molecule has 0 aromatic heterocycles. The van der Waals surface area contributed by atoms with Crippen LogP contribution in [-0.2, 0) is 19.4 Å². The van der Waals surface area contributed by atoms with Gasteiger partial charge in [0.05, 0.1) is 23.7 Å². The van der Waals surface area contributed by atoms with Crippen molar-refractivity contribution in [2.24, 2.45) is 0 Å². The second-order valence-corrected chi connectivity index (χ2v) is 8.00. The summed E-state index contributed by atoms with van der Waals surface area (Å²) in [7, 11) is -3.05. The molecule has 1 rings (SSSR count). The molecule has 1 atom stereocenters. The summed E-state index contributed by atoms with van der Waals surface area (Å²) in [6, 6.07) is -0.340. The molecule has 0 saturated carbocycles. The quantitative estimate of drug-likeness (QED) is 0.759. The molecule has 1 fully saturated rings. The van der Waals surface area contributed by atoms with E-state index in [4.69, 9.17) is 9.84 Å². The first-order valence-corrected chi connectivity index (χ1v) is 8.21. The van der Waals surface area contributed by atoms with Gasteiger partial charge < -0.3 is 14.7 Å². The van der Waals surface area contributed by atoms with Crippen molar-refractivity contribution in [3.63, 3.8) is 0 Å². The fraction of sp³-hybridized carbons (Fsp3) is 0.917. The Kier molecular flexibility index (Phi) is 5.34. The van der Waals surface area contributed by atoms with Crippen LogP contribution < -0.4 is 0 Å². The molecule has 0 spiro atoms. The number of carbonyl (C=O) groups is 1. The van der Waals surface area contributed by atoms with Crippen LogP contribution in [0.4, 0.5) is 0 Å². The van der Waals surface area contributed by atoms with E-state index in [0.717, 1.165) is 0 Å². The molecule has 6 nitrogen and oxygen atoms in total. The van der Waals surface area contributed by atoms with Gasteiger partial charge in [-0.05, 0) is 27.2 Å². The van der Waals surface area contributed by atoms with E-state index in [0.29, 0.717) is 6.42 Å². The Bertz CT molecular complexity index is 412. The third-order valence-corrected chi connectivity index (χ3v) is 4.69. The molecule has 1 unspecified atom stereocenters. The van der Waals surface area contributed by atoms with Crippen LogP contribution in [0.25, 0.3) is 0 Å². The maximum atomic E-state index is 12.1. The van der Waals surface area contributed by atoms with Gasteiger partial charge in [0.2, 0.25) is 5.91 Å². The fourth-order valence-corrected chi connectivity index (χ4v) is 3.73. The molecule has 0 aromatic rings. The maximum Gasteiger partial charge on any atom is 0.248 e. The van der Waals surface area contributed by atoms with Crippen LogP contribution in [0.5, 0.6) is 0 Å². The van der Waals surface area contributed by atoms with Gasteiger partial charge in [-0.15, -0.1) is 0 Å². The molecule has 1 aliphatic rings. The maximum absolute atomic E-state index is 12.1. The van der Waals surface area contributed by atoms with E-state index < -0.39 is 15.4 Å². The molecule has 0 aliphatic carbocycles. The lowest BCUT2D eigenvalue weighted by atomic mass is 10.2. The second-order valence-electron chi connectivity index (χ2n) is 5.77. The largest absolute Gasteiger partial charge is 0.395 e. The summed E-state index contributed by atoms with van der Waals surface area (Å²) in [6.07, 6.45) is 0.434. The third-order valence-electron chi connectivity index (χ3n) is 2.94. The van der Waals surface area contributed by atoms with Gasteiger partial charge in [0.25, 0.3) is 0 Å². The second kappa shape index (κ2) is 6.19. The summed E-state index contributed by atoms with van der Waals surface area (Å²) in [6.45, 7) is 5.40. The Balaban J connectivity index is 2.64. The monoisotopic (exact) mass is 293 g/mol. The van der Waals surface area contributed by atoms with Crippen molar-refractivity contribution in [3.8, 4) is 0 Å². The van der Waals surface area contributed by atoms with Crippen molar-refractivity contribution in [2.45, 2.75) is 38.8 Å². The van der Waals surface area contributed by atoms with E-state index in [-0.39, 0.29) is 43.2 Å². The van der Waals surface area contributed by atoms with Gasteiger partial charge in [-0.25, -0.2) is 8.42 Å². The third kappa shape index (κ3) is 5.46. The number of amides is 1. The molecule has 7 heteroatoms. The van der Waals surface area contributed by atoms with Crippen LogP contribution in [0, 0.1) is 0 Å². The number of carbonyl (C=O) groups excluding carboxylic acids is 1. The van der Waals surface area contributed by atoms with Gasteiger partial charge in [-0.2, -0.15) is 0 Å². The number of aliphatic hydroxyl groups excluding tert-OH is 1. The number of hydrogen-bond donors (Lipinski definition) is 1. The topological polar surface area (TPSA) is 83.9 Å². The molecule has 1 N–H and O–H groups in total. The Hall–Kier alpha value is -0.660. The van der Waals surface area contributed by atoms with Crippen molar-refractivity contribution in [2.75, 3.05) is 31.3 Å². The Morgan fingerprint density at radius 3 is 2.47 bits per heavy atom. The van der Waals surface area contributed by atoms with Crippen molar-refractivity contribution < 1.29 is 23.1 Å². The smallest absolute Gasteiger partial charge is 0.248 e. The normalized spacial score (nSPS) is 22.4. The van der Waals surface area contributed by atoms with Gasteiger partial charge in [-0.1, -0.05) is 0 Å². The van der Waals surface area contributed by atoms with E-state index in [1.54, 1.807) is 0 Å². The van der Waals surface area contributed by atoms with Gasteiger partial charge in [0.1, 0.15) is 6.61 Å². The zero-order valence-electron chi connectivity index (χ0n) is 11.8. The van der Waals surface area contributed by atoms with Crippen LogP contribution in [0.2, 0.25) is 0 Å². The lowest BCUT2D eigenvalue weighted by molar-refractivity contribution is -0.143. The summed E-state index contributed by atoms with van der Waals surface area (Å²) in [5.41, 5.74) is -0.428. The van der Waals surface area contributed by atoms with Crippen LogP contribution in [0.15, 0.2) is 0 Å². The summed E-state index contributed by atoms with van der Waals surface area (Å²) >= 11 is 0. The molecule has 0 radical (unpaired) electrons. The van der Waals surface area contributed by atoms with Crippen LogP contribution in [0.1, 0.15) is 27.2 Å². The molecule has 1 saturated heterocycles. The van der Waals surface area contributed by atoms with E-state index in [1.165, 1.54) is 4.90 Å². The molecule has 1 heterocycles. The molecule has 112 valence electrons. The first-order valence-electron chi connectivity index (χ1n) is 6.39. The van der Waals surface area contributed by atoms with E-state index >= 15 is 0 Å². The first-order chi connectivity index (χ1) is 8.64. The van der Waals surface area contributed by atoms with E-state index in [1.807, 2.05) is 20.8 Å². The minimum absolute atomic E-state index is 0.0196. The molecular weight excluding hydrogens is 270 g/mol. The van der Waals surface area contributed by atoms with Gasteiger partial charge >= 0.3 is 0 Å². The van der Waals surface area contributed by atoms with Gasteiger partial charge in [-0.3, -0.25) is 4.79 Å². The predicted molar refractivity (Wildman–Crippen MR) is 71.6 cm³/mol. The number of ether oxygens (including phenoxy) is 1. The Morgan fingerprint density at radius 2 is 2.05 bits per heavy atom. The fourth-order valence-electron chi connectivity index (χ4n) is 2.00. The van der Waals surface area contributed by atoms with Crippen molar-refractivity contribution in [3.05, 3.63) is 0 Å². The number of nitrogens with zero attached hydrogens (tertiary/aromatic N) is 1. The van der Waals surface area contributed by atoms with E-state index in [9.17, 15) is 13.2 Å². The van der Waals surface area contributed by atoms with Crippen LogP contribution in [0.3, 0.4) is 0 Å². The number of hydrogen-bond acceptors (Lipinski definition) is 5. The summed E-state index contributed by atoms with van der Waals surface area (Å²) < 4.78 is 28.3. The van der Waals surface area contributed by atoms with Gasteiger partial charge in [0.15, 0.2) is 9.84 Å². The first kappa shape index (κ1) is 16.4. The summed E-state index contributed by atoms with van der Waals surface area (Å²) in [5.74, 6) is -0.188. The molecular formula is C12H23NO5S. The standard InChI is InChI=1S/C12H23NO5S/c1-12(2,3)18-8-11(15)13(5-6-14)10-4-7-19(16,17)9-10/h10,14H,4-9H2,1-3H3. The van der Waals surface area contributed by atoms with E-state index in [2.05, 4.69) is 0 Å².